The van der Waals surface area contributed by atoms with Gasteiger partial charge < -0.3 is 15.2 Å². The van der Waals surface area contributed by atoms with Gasteiger partial charge in [0.1, 0.15) is 0 Å². The molecule has 3 rings (SSSR count). The molecule has 2 aliphatic heterocycles. The largest absolute Gasteiger partial charge is 0.363 e. The SMILES string of the molecule is O=C([C@@H]1CCCN1)N1CCCC1c1ccc[nH]1. The van der Waals surface area contributed by atoms with Crippen LogP contribution in [0.1, 0.15) is 37.4 Å². The van der Waals surface area contributed by atoms with Crippen molar-refractivity contribution in [3.05, 3.63) is 24.0 Å². The van der Waals surface area contributed by atoms with Gasteiger partial charge in [0.25, 0.3) is 0 Å². The van der Waals surface area contributed by atoms with Crippen LogP contribution in [0, 0.1) is 0 Å². The summed E-state index contributed by atoms with van der Waals surface area (Å²) in [5.41, 5.74) is 1.17. The molecule has 2 fully saturated rings. The van der Waals surface area contributed by atoms with Crippen LogP contribution in [0.4, 0.5) is 0 Å². The molecule has 3 heterocycles. The molecule has 0 spiro atoms. The normalized spacial score (nSPS) is 28.8. The second-order valence-electron chi connectivity index (χ2n) is 4.96. The van der Waals surface area contributed by atoms with Crippen LogP contribution in [0.5, 0.6) is 0 Å². The maximum atomic E-state index is 12.4. The van der Waals surface area contributed by atoms with Crippen molar-refractivity contribution in [2.75, 3.05) is 13.1 Å². The number of rotatable bonds is 2. The lowest BCUT2D eigenvalue weighted by molar-refractivity contribution is -0.134. The summed E-state index contributed by atoms with van der Waals surface area (Å²) in [6.45, 7) is 1.89. The molecule has 4 heteroatoms. The van der Waals surface area contributed by atoms with Crippen LogP contribution in [0.25, 0.3) is 0 Å². The van der Waals surface area contributed by atoms with E-state index < -0.39 is 0 Å². The standard InChI is InChI=1S/C13H19N3O/c17-13(11-5-2-8-15-11)16-9-3-6-12(16)10-4-1-7-14-10/h1,4,7,11-12,14-15H,2-3,5-6,8-9H2/t11-,12?/m0/s1. The number of hydrogen-bond donors (Lipinski definition) is 2. The van der Waals surface area contributed by atoms with E-state index in [4.69, 9.17) is 0 Å². The van der Waals surface area contributed by atoms with Crippen LogP contribution in [-0.2, 0) is 4.79 Å². The van der Waals surface area contributed by atoms with Crippen LogP contribution in [-0.4, -0.2) is 34.9 Å². The van der Waals surface area contributed by atoms with Crippen molar-refractivity contribution in [2.45, 2.75) is 37.8 Å². The molecule has 2 saturated heterocycles. The number of hydrogen-bond acceptors (Lipinski definition) is 2. The average molecular weight is 233 g/mol. The lowest BCUT2D eigenvalue weighted by Crippen LogP contribution is -2.43. The first-order valence-corrected chi connectivity index (χ1v) is 6.53. The smallest absolute Gasteiger partial charge is 0.240 e. The molecule has 4 nitrogen and oxygen atoms in total. The molecule has 0 bridgehead atoms. The van der Waals surface area contributed by atoms with Crippen molar-refractivity contribution in [3.63, 3.8) is 0 Å². The second kappa shape index (κ2) is 4.53. The van der Waals surface area contributed by atoms with E-state index in [0.29, 0.717) is 5.91 Å². The minimum absolute atomic E-state index is 0.0607. The van der Waals surface area contributed by atoms with E-state index in [1.54, 1.807) is 0 Å². The third-order valence-electron chi connectivity index (χ3n) is 3.88. The molecule has 17 heavy (non-hydrogen) atoms. The number of amides is 1. The number of aromatic amines is 1. The molecule has 2 aliphatic rings. The highest BCUT2D eigenvalue weighted by molar-refractivity contribution is 5.82. The summed E-state index contributed by atoms with van der Waals surface area (Å²) < 4.78 is 0. The molecule has 1 aromatic rings. The van der Waals surface area contributed by atoms with Crippen LogP contribution in [0.2, 0.25) is 0 Å². The first kappa shape index (κ1) is 10.8. The van der Waals surface area contributed by atoms with Gasteiger partial charge in [-0.15, -0.1) is 0 Å². The molecule has 0 aliphatic carbocycles. The van der Waals surface area contributed by atoms with Crippen molar-refractivity contribution in [1.82, 2.24) is 15.2 Å². The zero-order valence-corrected chi connectivity index (χ0v) is 9.98. The van der Waals surface area contributed by atoms with Gasteiger partial charge in [-0.25, -0.2) is 0 Å². The zero-order chi connectivity index (χ0) is 11.7. The van der Waals surface area contributed by atoms with Crippen molar-refractivity contribution < 1.29 is 4.79 Å². The molecule has 1 unspecified atom stereocenters. The van der Waals surface area contributed by atoms with E-state index in [1.807, 2.05) is 12.3 Å². The van der Waals surface area contributed by atoms with E-state index >= 15 is 0 Å². The minimum Gasteiger partial charge on any atom is -0.363 e. The van der Waals surface area contributed by atoms with Crippen LogP contribution < -0.4 is 5.32 Å². The molecule has 1 amide bonds. The van der Waals surface area contributed by atoms with Gasteiger partial charge in [0, 0.05) is 18.4 Å². The maximum absolute atomic E-state index is 12.4. The fourth-order valence-corrected chi connectivity index (χ4v) is 3.00. The predicted octanol–water partition coefficient (Wildman–Crippen LogP) is 1.43. The Hall–Kier alpha value is -1.29. The number of nitrogens with one attached hydrogen (secondary N) is 2. The number of nitrogens with zero attached hydrogens (tertiary/aromatic N) is 1. The third kappa shape index (κ3) is 1.97. The maximum Gasteiger partial charge on any atom is 0.240 e. The Balaban J connectivity index is 1.75. The number of likely N-dealkylation sites (tertiary alicyclic amines) is 1. The van der Waals surface area contributed by atoms with Crippen LogP contribution >= 0.6 is 0 Å². The first-order chi connectivity index (χ1) is 8.36. The number of H-pyrrole nitrogens is 1. The Morgan fingerprint density at radius 2 is 2.29 bits per heavy atom. The Bertz CT molecular complexity index is 381. The van der Waals surface area contributed by atoms with Gasteiger partial charge in [-0.1, -0.05) is 0 Å². The Morgan fingerprint density at radius 3 is 3.00 bits per heavy atom. The molecule has 0 aromatic carbocycles. The summed E-state index contributed by atoms with van der Waals surface area (Å²) in [5.74, 6) is 0.291. The zero-order valence-electron chi connectivity index (χ0n) is 9.98. The van der Waals surface area contributed by atoms with Crippen molar-refractivity contribution in [3.8, 4) is 0 Å². The average Bonchev–Trinajstić information content (AvgIpc) is 3.09. The summed E-state index contributed by atoms with van der Waals surface area (Å²) in [4.78, 5) is 17.7. The quantitative estimate of drug-likeness (QED) is 0.812. The molecule has 92 valence electrons. The summed E-state index contributed by atoms with van der Waals surface area (Å²) in [7, 11) is 0. The van der Waals surface area contributed by atoms with E-state index in [0.717, 1.165) is 38.8 Å². The predicted molar refractivity (Wildman–Crippen MR) is 65.5 cm³/mol. The second-order valence-corrected chi connectivity index (χ2v) is 4.96. The van der Waals surface area contributed by atoms with Gasteiger partial charge in [-0.05, 0) is 44.4 Å². The lowest BCUT2D eigenvalue weighted by atomic mass is 10.1. The number of aromatic nitrogens is 1. The van der Waals surface area contributed by atoms with E-state index in [9.17, 15) is 4.79 Å². The van der Waals surface area contributed by atoms with Crippen molar-refractivity contribution in [1.29, 1.82) is 0 Å². The monoisotopic (exact) mass is 233 g/mol. The number of carbonyl (C=O) groups excluding carboxylic acids is 1. The molecule has 2 N–H and O–H groups in total. The topological polar surface area (TPSA) is 48.1 Å². The van der Waals surface area contributed by atoms with Gasteiger partial charge in [-0.2, -0.15) is 0 Å². The van der Waals surface area contributed by atoms with Crippen LogP contribution in [0.15, 0.2) is 18.3 Å². The molecular weight excluding hydrogens is 214 g/mol. The fraction of sp³-hybridized carbons (Fsp3) is 0.615. The highest BCUT2D eigenvalue weighted by atomic mass is 16.2. The van der Waals surface area contributed by atoms with E-state index in [2.05, 4.69) is 21.3 Å². The minimum atomic E-state index is 0.0607. The van der Waals surface area contributed by atoms with E-state index in [-0.39, 0.29) is 12.1 Å². The first-order valence-electron chi connectivity index (χ1n) is 6.53. The molecule has 1 aromatic heterocycles. The van der Waals surface area contributed by atoms with Gasteiger partial charge in [0.15, 0.2) is 0 Å². The number of carbonyl (C=O) groups is 1. The lowest BCUT2D eigenvalue weighted by Gasteiger charge is -2.26. The summed E-state index contributed by atoms with van der Waals surface area (Å²) in [6, 6.07) is 4.41. The highest BCUT2D eigenvalue weighted by Crippen LogP contribution is 2.31. The molecular formula is C13H19N3O. The Labute approximate surface area is 101 Å². The summed E-state index contributed by atoms with van der Waals surface area (Å²) >= 11 is 0. The molecule has 0 saturated carbocycles. The summed E-state index contributed by atoms with van der Waals surface area (Å²) in [5, 5.41) is 3.30. The summed E-state index contributed by atoms with van der Waals surface area (Å²) in [6.07, 6.45) is 6.25. The molecule has 0 radical (unpaired) electrons. The van der Waals surface area contributed by atoms with Gasteiger partial charge in [-0.3, -0.25) is 4.79 Å². The van der Waals surface area contributed by atoms with Gasteiger partial charge in [0.2, 0.25) is 5.91 Å². The Morgan fingerprint density at radius 1 is 1.35 bits per heavy atom. The van der Waals surface area contributed by atoms with Crippen molar-refractivity contribution in [2.24, 2.45) is 0 Å². The van der Waals surface area contributed by atoms with E-state index in [1.165, 1.54) is 5.69 Å². The van der Waals surface area contributed by atoms with Gasteiger partial charge >= 0.3 is 0 Å². The Kier molecular flexibility index (Phi) is 2.89. The third-order valence-corrected chi connectivity index (χ3v) is 3.88. The fourth-order valence-electron chi connectivity index (χ4n) is 3.00. The highest BCUT2D eigenvalue weighted by Gasteiger charge is 2.35. The van der Waals surface area contributed by atoms with Gasteiger partial charge in [0.05, 0.1) is 12.1 Å². The van der Waals surface area contributed by atoms with Crippen molar-refractivity contribution >= 4 is 5.91 Å². The van der Waals surface area contributed by atoms with Crippen LogP contribution in [0.3, 0.4) is 0 Å². The molecule has 2 atom stereocenters.